The molecule has 0 aliphatic rings. The first-order valence-corrected chi connectivity index (χ1v) is 8.52. The smallest absolute Gasteiger partial charge is 0.253 e. The molecule has 0 saturated heterocycles. The van der Waals surface area contributed by atoms with E-state index >= 15 is 0 Å². The second-order valence-electron chi connectivity index (χ2n) is 6.09. The van der Waals surface area contributed by atoms with Gasteiger partial charge in [-0.3, -0.25) is 14.4 Å². The van der Waals surface area contributed by atoms with E-state index in [4.69, 9.17) is 5.73 Å². The Morgan fingerprint density at radius 1 is 1.16 bits per heavy atom. The number of carbonyl (C=O) groups excluding carboxylic acids is 3. The zero-order valence-corrected chi connectivity index (χ0v) is 15.3. The van der Waals surface area contributed by atoms with Crippen LogP contribution in [0.4, 0.5) is 5.69 Å². The number of hydrogen-bond donors (Lipinski definition) is 3. The lowest BCUT2D eigenvalue weighted by Crippen LogP contribution is -2.46. The van der Waals surface area contributed by atoms with E-state index in [9.17, 15) is 14.4 Å². The highest BCUT2D eigenvalue weighted by Crippen LogP contribution is 2.13. The fraction of sp³-hybridized carbons (Fsp3) is 0.500. The van der Waals surface area contributed by atoms with Crippen LogP contribution in [0, 0.1) is 5.92 Å². The molecule has 1 aromatic rings. The van der Waals surface area contributed by atoms with Crippen molar-refractivity contribution >= 4 is 23.4 Å². The molecule has 0 aliphatic carbocycles. The van der Waals surface area contributed by atoms with Gasteiger partial charge in [0.1, 0.15) is 0 Å². The average molecular weight is 348 g/mol. The van der Waals surface area contributed by atoms with Gasteiger partial charge in [0.25, 0.3) is 5.91 Å². The SMILES string of the molecule is CCN(CC)C(=O)c1cccc(NC(=O)CNC(=O)[C@@H](N)C(C)C)c1. The maximum atomic E-state index is 12.3. The summed E-state index contributed by atoms with van der Waals surface area (Å²) in [7, 11) is 0. The number of anilines is 1. The maximum absolute atomic E-state index is 12.3. The second kappa shape index (κ2) is 9.78. The molecule has 1 atom stereocenters. The Labute approximate surface area is 148 Å². The fourth-order valence-corrected chi connectivity index (χ4v) is 2.22. The average Bonchev–Trinajstić information content (AvgIpc) is 2.60. The van der Waals surface area contributed by atoms with E-state index < -0.39 is 6.04 Å². The number of nitrogens with one attached hydrogen (secondary N) is 2. The summed E-state index contributed by atoms with van der Waals surface area (Å²) in [6, 6.07) is 6.08. The van der Waals surface area contributed by atoms with Crippen LogP contribution in [-0.4, -0.2) is 48.3 Å². The van der Waals surface area contributed by atoms with Crippen LogP contribution in [0.3, 0.4) is 0 Å². The van der Waals surface area contributed by atoms with Crippen molar-refractivity contribution in [1.82, 2.24) is 10.2 Å². The lowest BCUT2D eigenvalue weighted by molar-refractivity contribution is -0.125. The Hall–Kier alpha value is -2.41. The van der Waals surface area contributed by atoms with Crippen LogP contribution < -0.4 is 16.4 Å². The maximum Gasteiger partial charge on any atom is 0.253 e. The number of amides is 3. The van der Waals surface area contributed by atoms with E-state index in [1.807, 2.05) is 27.7 Å². The molecule has 25 heavy (non-hydrogen) atoms. The number of benzene rings is 1. The highest BCUT2D eigenvalue weighted by molar-refractivity contribution is 5.98. The molecule has 0 aliphatic heterocycles. The topological polar surface area (TPSA) is 105 Å². The van der Waals surface area contributed by atoms with Crippen LogP contribution in [-0.2, 0) is 9.59 Å². The van der Waals surface area contributed by atoms with Gasteiger partial charge in [0.2, 0.25) is 11.8 Å². The molecule has 3 amide bonds. The molecule has 0 unspecified atom stereocenters. The van der Waals surface area contributed by atoms with Gasteiger partial charge < -0.3 is 21.3 Å². The summed E-state index contributed by atoms with van der Waals surface area (Å²) < 4.78 is 0. The lowest BCUT2D eigenvalue weighted by atomic mass is 10.1. The number of hydrogen-bond acceptors (Lipinski definition) is 4. The lowest BCUT2D eigenvalue weighted by Gasteiger charge is -2.19. The minimum Gasteiger partial charge on any atom is -0.346 e. The van der Waals surface area contributed by atoms with Gasteiger partial charge >= 0.3 is 0 Å². The van der Waals surface area contributed by atoms with E-state index in [-0.39, 0.29) is 30.2 Å². The minimum absolute atomic E-state index is 0.00849. The van der Waals surface area contributed by atoms with E-state index in [1.54, 1.807) is 29.2 Å². The molecule has 0 spiro atoms. The van der Waals surface area contributed by atoms with Crippen LogP contribution in [0.1, 0.15) is 38.1 Å². The van der Waals surface area contributed by atoms with Gasteiger partial charge in [0, 0.05) is 24.3 Å². The van der Waals surface area contributed by atoms with Crippen LogP contribution >= 0.6 is 0 Å². The zero-order chi connectivity index (χ0) is 19.0. The fourth-order valence-electron chi connectivity index (χ4n) is 2.22. The van der Waals surface area contributed by atoms with Gasteiger partial charge in [-0.1, -0.05) is 19.9 Å². The summed E-state index contributed by atoms with van der Waals surface area (Å²) in [6.45, 7) is 8.57. The van der Waals surface area contributed by atoms with E-state index in [0.717, 1.165) is 0 Å². The first-order valence-electron chi connectivity index (χ1n) is 8.52. The predicted molar refractivity (Wildman–Crippen MR) is 98.1 cm³/mol. The van der Waals surface area contributed by atoms with Crippen molar-refractivity contribution in [3.8, 4) is 0 Å². The van der Waals surface area contributed by atoms with E-state index in [1.165, 1.54) is 0 Å². The van der Waals surface area contributed by atoms with Gasteiger partial charge in [0.15, 0.2) is 0 Å². The Bertz CT molecular complexity index is 612. The number of rotatable bonds is 8. The number of nitrogens with zero attached hydrogens (tertiary/aromatic N) is 1. The van der Waals surface area contributed by atoms with Crippen LogP contribution in [0.5, 0.6) is 0 Å². The van der Waals surface area contributed by atoms with Gasteiger partial charge in [-0.2, -0.15) is 0 Å². The molecule has 0 bridgehead atoms. The van der Waals surface area contributed by atoms with Crippen LogP contribution in [0.2, 0.25) is 0 Å². The summed E-state index contributed by atoms with van der Waals surface area (Å²) in [5.74, 6) is -0.838. The monoisotopic (exact) mass is 348 g/mol. The van der Waals surface area contributed by atoms with E-state index in [2.05, 4.69) is 10.6 Å². The molecule has 0 aromatic heterocycles. The summed E-state index contributed by atoms with van der Waals surface area (Å²) in [4.78, 5) is 37.8. The Morgan fingerprint density at radius 3 is 2.36 bits per heavy atom. The van der Waals surface area contributed by atoms with Crippen molar-refractivity contribution in [1.29, 1.82) is 0 Å². The normalized spacial score (nSPS) is 11.8. The van der Waals surface area contributed by atoms with Gasteiger partial charge in [-0.05, 0) is 38.0 Å². The quantitative estimate of drug-likeness (QED) is 0.656. The van der Waals surface area contributed by atoms with Crippen LogP contribution in [0.15, 0.2) is 24.3 Å². The summed E-state index contributed by atoms with van der Waals surface area (Å²) >= 11 is 0. The molecule has 0 saturated carbocycles. The standard InChI is InChI=1S/C18H28N4O3/c1-5-22(6-2)18(25)13-8-7-9-14(10-13)21-15(23)11-20-17(24)16(19)12(3)4/h7-10,12,16H,5-6,11,19H2,1-4H3,(H,20,24)(H,21,23)/t16-/m0/s1. The van der Waals surface area contributed by atoms with E-state index in [0.29, 0.717) is 24.3 Å². The predicted octanol–water partition coefficient (Wildman–Crippen LogP) is 1.21. The molecule has 138 valence electrons. The molecule has 0 radical (unpaired) electrons. The highest BCUT2D eigenvalue weighted by atomic mass is 16.2. The molecule has 1 rings (SSSR count). The first kappa shape index (κ1) is 20.6. The Balaban J connectivity index is 2.65. The van der Waals surface area contributed by atoms with Crippen molar-refractivity contribution in [2.45, 2.75) is 33.7 Å². The second-order valence-corrected chi connectivity index (χ2v) is 6.09. The van der Waals surface area contributed by atoms with Crippen molar-refractivity contribution in [2.75, 3.05) is 25.0 Å². The molecule has 0 fully saturated rings. The molecular formula is C18H28N4O3. The van der Waals surface area contributed by atoms with Crippen molar-refractivity contribution in [3.05, 3.63) is 29.8 Å². The molecule has 7 nitrogen and oxygen atoms in total. The van der Waals surface area contributed by atoms with Crippen molar-refractivity contribution in [3.63, 3.8) is 0 Å². The van der Waals surface area contributed by atoms with Gasteiger partial charge in [-0.25, -0.2) is 0 Å². The molecule has 7 heteroatoms. The number of carbonyl (C=O) groups is 3. The minimum atomic E-state index is -0.650. The largest absolute Gasteiger partial charge is 0.346 e. The summed E-state index contributed by atoms with van der Waals surface area (Å²) in [5.41, 5.74) is 6.73. The third-order valence-electron chi connectivity index (χ3n) is 3.89. The van der Waals surface area contributed by atoms with Crippen LogP contribution in [0.25, 0.3) is 0 Å². The highest BCUT2D eigenvalue weighted by Gasteiger charge is 2.18. The van der Waals surface area contributed by atoms with Crippen molar-refractivity contribution < 1.29 is 14.4 Å². The number of nitrogens with two attached hydrogens (primary N) is 1. The third kappa shape index (κ3) is 6.19. The molecule has 4 N–H and O–H groups in total. The molecule has 0 heterocycles. The molecule has 1 aromatic carbocycles. The summed E-state index contributed by atoms with van der Waals surface area (Å²) in [5, 5.41) is 5.18. The van der Waals surface area contributed by atoms with Gasteiger partial charge in [0.05, 0.1) is 12.6 Å². The first-order chi connectivity index (χ1) is 11.8. The Kier molecular flexibility index (Phi) is 8.07. The van der Waals surface area contributed by atoms with Gasteiger partial charge in [-0.15, -0.1) is 0 Å². The third-order valence-corrected chi connectivity index (χ3v) is 3.89. The van der Waals surface area contributed by atoms with Crippen molar-refractivity contribution in [2.24, 2.45) is 11.7 Å². The molecular weight excluding hydrogens is 320 g/mol. The zero-order valence-electron chi connectivity index (χ0n) is 15.3. The Morgan fingerprint density at radius 2 is 1.80 bits per heavy atom. The summed E-state index contributed by atoms with van der Waals surface area (Å²) in [6.07, 6.45) is 0.